The average molecular weight is 694 g/mol. The Morgan fingerprint density at radius 1 is 0.829 bits per heavy atom. The van der Waals surface area contributed by atoms with Crippen molar-refractivity contribution >= 4 is 30.7 Å². The summed E-state index contributed by atoms with van der Waals surface area (Å²) in [6.07, 6.45) is 11.4. The Morgan fingerprint density at radius 3 is 2.05 bits per heavy atom. The molecule has 3 aromatic rings. The van der Waals surface area contributed by atoms with Gasteiger partial charge in [-0.05, 0) is 23.9 Å². The molecule has 8 aliphatic rings. The second-order valence-corrected chi connectivity index (χ2v) is 21.2. The van der Waals surface area contributed by atoms with Crippen LogP contribution in [0.15, 0.2) is 65.1 Å². The molecule has 11 rings (SSSR count). The molecule has 6 bridgehead atoms. The van der Waals surface area contributed by atoms with Crippen molar-refractivity contribution in [2.45, 2.75) is 80.0 Å². The molecule has 0 nitrogen and oxygen atoms in total. The van der Waals surface area contributed by atoms with E-state index in [0.29, 0.717) is 9.04 Å². The zero-order valence-corrected chi connectivity index (χ0v) is 30.4. The predicted octanol–water partition coefficient (Wildman–Crippen LogP) is 4.25. The molecule has 0 spiro atoms. The molecule has 5 heteroatoms. The average Bonchev–Trinajstić information content (AvgIpc) is 3.60. The predicted molar refractivity (Wildman–Crippen MR) is 165 cm³/mol. The molecule has 6 aliphatic carbocycles. The maximum atomic E-state index is 2.51. The standard InChI is InChI=1S/C26H27.C10H12SSi.2ClH.Zr/c1-17-9-22-3-2-4-24(25(22)10-17)21-5-7-23(8-6-21)26-14-18-11-19(15-26)13-20(12-18)16-26;1-6-9-7-4-5-11-8(7)10(6)12(9,2)3;;;/h2-10,18-20H,11-16H2,1H3;4-5,10H,1-3H3;2*1H;/q;;;;+2/p-2. The Balaban J connectivity index is 0.000000182. The molecule has 2 unspecified atom stereocenters. The van der Waals surface area contributed by atoms with Gasteiger partial charge in [-0.25, -0.2) is 0 Å². The van der Waals surface area contributed by atoms with Gasteiger partial charge in [-0.3, -0.25) is 0 Å². The van der Waals surface area contributed by atoms with Crippen molar-refractivity contribution in [3.63, 3.8) is 0 Å². The minimum atomic E-state index is -0.972. The largest absolute Gasteiger partial charge is 1.00 e. The molecule has 2 aliphatic heterocycles. The topological polar surface area (TPSA) is 0 Å². The quantitative estimate of drug-likeness (QED) is 0.353. The van der Waals surface area contributed by atoms with Crippen molar-refractivity contribution < 1.29 is 49.5 Å². The molecule has 211 valence electrons. The maximum absolute atomic E-state index is 2.51. The van der Waals surface area contributed by atoms with Crippen molar-refractivity contribution in [2.75, 3.05) is 0 Å². The number of benzene rings is 2. The van der Waals surface area contributed by atoms with E-state index < -0.39 is 8.07 Å². The van der Waals surface area contributed by atoms with E-state index in [1.54, 1.807) is 51.5 Å². The number of allylic oxidation sites excluding steroid dienone is 2. The van der Waals surface area contributed by atoms with Crippen LogP contribution in [0.1, 0.15) is 88.7 Å². The zero-order valence-electron chi connectivity index (χ0n) is 24.6. The third-order valence-corrected chi connectivity index (χ3v) is 18.7. The minimum absolute atomic E-state index is 0. The van der Waals surface area contributed by atoms with Crippen molar-refractivity contribution in [3.8, 4) is 11.1 Å². The Morgan fingerprint density at radius 2 is 1.46 bits per heavy atom. The van der Waals surface area contributed by atoms with Crippen molar-refractivity contribution in [3.05, 3.63) is 92.2 Å². The first kappa shape index (κ1) is 30.3. The van der Waals surface area contributed by atoms with Crippen LogP contribution in [0.5, 0.6) is 0 Å². The fourth-order valence-corrected chi connectivity index (χ4v) is 17.5. The van der Waals surface area contributed by atoms with Crippen LogP contribution in [0.4, 0.5) is 0 Å². The van der Waals surface area contributed by atoms with E-state index in [-0.39, 0.29) is 24.8 Å². The van der Waals surface area contributed by atoms with E-state index in [1.807, 2.05) is 11.3 Å². The Bertz CT molecular complexity index is 1530. The Kier molecular flexibility index (Phi) is 7.94. The van der Waals surface area contributed by atoms with E-state index in [2.05, 4.69) is 86.9 Å². The van der Waals surface area contributed by atoms with E-state index in [4.69, 9.17) is 0 Å². The second-order valence-electron chi connectivity index (χ2n) is 14.3. The van der Waals surface area contributed by atoms with Crippen LogP contribution in [0.3, 0.4) is 0 Å². The van der Waals surface area contributed by atoms with Crippen molar-refractivity contribution in [2.24, 2.45) is 17.8 Å². The molecular weight excluding hydrogens is 655 g/mol. The van der Waals surface area contributed by atoms with Crippen LogP contribution in [-0.2, 0) is 30.1 Å². The summed E-state index contributed by atoms with van der Waals surface area (Å²) in [7, 11) is -0.972. The summed E-state index contributed by atoms with van der Waals surface area (Å²) in [4.78, 5) is 1.68. The first-order valence-electron chi connectivity index (χ1n) is 15.2. The smallest absolute Gasteiger partial charge is 1.00 e. The number of thiophene rings is 1. The first-order valence-corrected chi connectivity index (χ1v) is 20.5. The van der Waals surface area contributed by atoms with Crippen LogP contribution in [-0.4, -0.2) is 8.07 Å². The van der Waals surface area contributed by atoms with Gasteiger partial charge < -0.3 is 24.8 Å². The van der Waals surface area contributed by atoms with Gasteiger partial charge in [0.25, 0.3) is 0 Å². The molecular formula is C36H39Cl2SSiZr. The van der Waals surface area contributed by atoms with Gasteiger partial charge >= 0.3 is 179 Å². The van der Waals surface area contributed by atoms with E-state index in [0.717, 1.165) is 23.3 Å². The molecule has 0 radical (unpaired) electrons. The molecule has 41 heavy (non-hydrogen) atoms. The normalized spacial score (nSPS) is 32.1. The van der Waals surface area contributed by atoms with Crippen LogP contribution >= 0.6 is 11.3 Å². The van der Waals surface area contributed by atoms with Crippen molar-refractivity contribution in [1.29, 1.82) is 0 Å². The molecule has 0 amide bonds. The van der Waals surface area contributed by atoms with Crippen LogP contribution < -0.4 is 24.8 Å². The molecule has 2 atom stereocenters. The maximum Gasteiger partial charge on any atom is -1.00 e. The van der Waals surface area contributed by atoms with Crippen LogP contribution in [0.2, 0.25) is 13.1 Å². The van der Waals surface area contributed by atoms with E-state index in [1.165, 1.54) is 66.4 Å². The summed E-state index contributed by atoms with van der Waals surface area (Å²) in [5, 5.41) is 4.01. The van der Waals surface area contributed by atoms with Gasteiger partial charge in [0.05, 0.1) is 8.07 Å². The van der Waals surface area contributed by atoms with Gasteiger partial charge in [0.2, 0.25) is 0 Å². The molecule has 4 fully saturated rings. The summed E-state index contributed by atoms with van der Waals surface area (Å²) in [5.74, 6) is 3.06. The van der Waals surface area contributed by atoms with Gasteiger partial charge in [-0.15, -0.1) is 11.3 Å². The number of hydrogen-bond acceptors (Lipinski definition) is 1. The zero-order chi connectivity index (χ0) is 26.7. The minimum Gasteiger partial charge on any atom is -1.00 e. The van der Waals surface area contributed by atoms with E-state index >= 15 is 0 Å². The summed E-state index contributed by atoms with van der Waals surface area (Å²) < 4.78 is 0.651. The second kappa shape index (κ2) is 10.7. The third kappa shape index (κ3) is 4.49. The van der Waals surface area contributed by atoms with Gasteiger partial charge in [0.1, 0.15) is 0 Å². The third-order valence-electron chi connectivity index (χ3n) is 11.5. The van der Waals surface area contributed by atoms with Gasteiger partial charge in [-0.1, -0.05) is 23.9 Å². The number of fused-ring (bicyclic) bond motifs is 1. The summed E-state index contributed by atoms with van der Waals surface area (Å²) in [6, 6.07) is 19.0. The summed E-state index contributed by atoms with van der Waals surface area (Å²) in [5.41, 5.74) is 13.7. The molecule has 2 aromatic carbocycles. The van der Waals surface area contributed by atoms with Gasteiger partial charge in [0.15, 0.2) is 0 Å². The summed E-state index contributed by atoms with van der Waals surface area (Å²) >= 11 is 3.57. The SMILES string of the molecule is CC1=C2c3ccsc3C1[Si]2(C)C.CC1=Cc2c(-c3ccc(C45CC6CC(CC(C6)C4)C5)cc3)cccc2[CH]1[Zr+2].[Cl-].[Cl-]. The monoisotopic (exact) mass is 691 g/mol. The number of rotatable bonds is 2. The summed E-state index contributed by atoms with van der Waals surface area (Å²) in [6.45, 7) is 9.63. The van der Waals surface area contributed by atoms with Crippen LogP contribution in [0.25, 0.3) is 22.4 Å². The van der Waals surface area contributed by atoms with Gasteiger partial charge in [0, 0.05) is 10.4 Å². The first-order chi connectivity index (χ1) is 18.7. The number of hydrogen-bond donors (Lipinski definition) is 0. The van der Waals surface area contributed by atoms with Crippen LogP contribution in [0, 0.1) is 17.8 Å². The van der Waals surface area contributed by atoms with E-state index in [9.17, 15) is 0 Å². The van der Waals surface area contributed by atoms with Gasteiger partial charge in [-0.2, -0.15) is 0 Å². The van der Waals surface area contributed by atoms with Crippen molar-refractivity contribution in [1.82, 2.24) is 0 Å². The Hall–Kier alpha value is -0.700. The molecule has 0 saturated heterocycles. The molecule has 1 aromatic heterocycles. The molecule has 3 heterocycles. The fraction of sp³-hybridized carbons (Fsp3) is 0.444. The molecule has 0 N–H and O–H groups in total. The molecule has 4 saturated carbocycles. The Labute approximate surface area is 279 Å². The number of halogens is 2. The fourth-order valence-electron chi connectivity index (χ4n) is 10.4.